The van der Waals surface area contributed by atoms with Crippen LogP contribution >= 0.6 is 0 Å². The zero-order chi connectivity index (χ0) is 15.0. The largest absolute Gasteiger partial charge is 0.480 e. The van der Waals surface area contributed by atoms with E-state index in [4.69, 9.17) is 5.11 Å². The molecule has 0 heterocycles. The molecule has 1 aliphatic carbocycles. The van der Waals surface area contributed by atoms with Gasteiger partial charge in [-0.1, -0.05) is 30.3 Å². The zero-order valence-corrected chi connectivity index (χ0v) is 12.1. The lowest BCUT2D eigenvalue weighted by Gasteiger charge is -2.20. The highest BCUT2D eigenvalue weighted by atomic mass is 32.2. The Bertz CT molecular complexity index is 796. The molecule has 0 atom stereocenters. The Balaban J connectivity index is 2.03. The second-order valence-corrected chi connectivity index (χ2v) is 7.07. The standard InChI is InChI=1S/C15H15NO4S/c17-15(18)10-16(13-6-7-13)21(19,20)14-8-5-11-3-1-2-4-12(11)9-14/h1-5,8-9,13H,6-7,10H2,(H,17,18). The van der Waals surface area contributed by atoms with Crippen LogP contribution in [-0.2, 0) is 14.8 Å². The first-order valence-electron chi connectivity index (χ1n) is 6.71. The van der Waals surface area contributed by atoms with Gasteiger partial charge in [-0.05, 0) is 35.7 Å². The monoisotopic (exact) mass is 305 g/mol. The van der Waals surface area contributed by atoms with E-state index in [1.807, 2.05) is 24.3 Å². The molecular formula is C15H15NO4S. The number of nitrogens with zero attached hydrogens (tertiary/aromatic N) is 1. The van der Waals surface area contributed by atoms with E-state index in [0.29, 0.717) is 0 Å². The van der Waals surface area contributed by atoms with Crippen LogP contribution < -0.4 is 0 Å². The molecule has 3 rings (SSSR count). The first-order chi connectivity index (χ1) is 9.98. The average Bonchev–Trinajstić information content (AvgIpc) is 3.28. The van der Waals surface area contributed by atoms with Crippen molar-refractivity contribution >= 4 is 26.8 Å². The van der Waals surface area contributed by atoms with Crippen LogP contribution in [0, 0.1) is 0 Å². The van der Waals surface area contributed by atoms with Gasteiger partial charge in [-0.15, -0.1) is 0 Å². The second kappa shape index (κ2) is 5.13. The van der Waals surface area contributed by atoms with Crippen molar-refractivity contribution in [1.82, 2.24) is 4.31 Å². The molecular weight excluding hydrogens is 290 g/mol. The average molecular weight is 305 g/mol. The van der Waals surface area contributed by atoms with Gasteiger partial charge >= 0.3 is 5.97 Å². The van der Waals surface area contributed by atoms with Gasteiger partial charge in [0.25, 0.3) is 0 Å². The molecule has 6 heteroatoms. The van der Waals surface area contributed by atoms with E-state index in [0.717, 1.165) is 27.9 Å². The highest BCUT2D eigenvalue weighted by Gasteiger charge is 2.39. The van der Waals surface area contributed by atoms with Crippen LogP contribution in [0.3, 0.4) is 0 Å². The Morgan fingerprint density at radius 1 is 1.14 bits per heavy atom. The molecule has 0 amide bonds. The van der Waals surface area contributed by atoms with Crippen molar-refractivity contribution < 1.29 is 18.3 Å². The number of carboxylic acids is 1. The van der Waals surface area contributed by atoms with E-state index in [-0.39, 0.29) is 10.9 Å². The van der Waals surface area contributed by atoms with E-state index >= 15 is 0 Å². The molecule has 1 N–H and O–H groups in total. The number of aliphatic carboxylic acids is 1. The summed E-state index contributed by atoms with van der Waals surface area (Å²) >= 11 is 0. The lowest BCUT2D eigenvalue weighted by Crippen LogP contribution is -2.37. The highest BCUT2D eigenvalue weighted by molar-refractivity contribution is 7.89. The minimum Gasteiger partial charge on any atom is -0.480 e. The van der Waals surface area contributed by atoms with Gasteiger partial charge in [0.15, 0.2) is 0 Å². The normalized spacial score (nSPS) is 15.5. The fourth-order valence-corrected chi connectivity index (χ4v) is 4.04. The number of carboxylic acid groups (broad SMARTS) is 1. The maximum atomic E-state index is 12.7. The SMILES string of the molecule is O=C(O)CN(C1CC1)S(=O)(=O)c1ccc2ccccc2c1. The molecule has 2 aromatic rings. The number of hydrogen-bond acceptors (Lipinski definition) is 3. The number of benzene rings is 2. The summed E-state index contributed by atoms with van der Waals surface area (Å²) in [5, 5.41) is 10.7. The summed E-state index contributed by atoms with van der Waals surface area (Å²) in [6.45, 7) is -0.486. The lowest BCUT2D eigenvalue weighted by molar-refractivity contribution is -0.137. The number of hydrogen-bond donors (Lipinski definition) is 1. The first kappa shape index (κ1) is 14.0. The van der Waals surface area contributed by atoms with Crippen molar-refractivity contribution in [3.63, 3.8) is 0 Å². The molecule has 0 radical (unpaired) electrons. The molecule has 5 nitrogen and oxygen atoms in total. The number of rotatable bonds is 5. The molecule has 1 fully saturated rings. The summed E-state index contributed by atoms with van der Waals surface area (Å²) in [5.41, 5.74) is 0. The van der Waals surface area contributed by atoms with Crippen molar-refractivity contribution in [2.75, 3.05) is 6.54 Å². The zero-order valence-electron chi connectivity index (χ0n) is 11.3. The summed E-state index contributed by atoms with van der Waals surface area (Å²) in [5.74, 6) is -1.13. The summed E-state index contributed by atoms with van der Waals surface area (Å²) in [6, 6.07) is 12.2. The fourth-order valence-electron chi connectivity index (χ4n) is 2.37. The predicted octanol–water partition coefficient (Wildman–Crippen LogP) is 2.08. The van der Waals surface area contributed by atoms with Crippen LogP contribution in [0.1, 0.15) is 12.8 Å². The van der Waals surface area contributed by atoms with Crippen molar-refractivity contribution in [1.29, 1.82) is 0 Å². The number of carbonyl (C=O) groups is 1. The molecule has 0 aromatic heterocycles. The summed E-state index contributed by atoms with van der Waals surface area (Å²) in [7, 11) is -3.77. The Hall–Kier alpha value is -1.92. The van der Waals surface area contributed by atoms with Crippen molar-refractivity contribution in [2.24, 2.45) is 0 Å². The van der Waals surface area contributed by atoms with Gasteiger partial charge < -0.3 is 5.11 Å². The van der Waals surface area contributed by atoms with Crippen LogP contribution in [0.5, 0.6) is 0 Å². The molecule has 0 bridgehead atoms. The van der Waals surface area contributed by atoms with Crippen LogP contribution in [0.2, 0.25) is 0 Å². The Labute approximate surface area is 122 Å². The molecule has 110 valence electrons. The molecule has 0 aliphatic heterocycles. The van der Waals surface area contributed by atoms with Crippen molar-refractivity contribution in [3.8, 4) is 0 Å². The van der Waals surface area contributed by atoms with Gasteiger partial charge in [0.1, 0.15) is 6.54 Å². The highest BCUT2D eigenvalue weighted by Crippen LogP contribution is 2.32. The molecule has 0 unspecified atom stereocenters. The third kappa shape index (κ3) is 2.77. The van der Waals surface area contributed by atoms with Crippen molar-refractivity contribution in [2.45, 2.75) is 23.8 Å². The quantitative estimate of drug-likeness (QED) is 0.917. The molecule has 1 aliphatic rings. The van der Waals surface area contributed by atoms with Crippen LogP contribution in [-0.4, -0.2) is 36.4 Å². The summed E-state index contributed by atoms with van der Waals surface area (Å²) in [6.07, 6.45) is 1.44. The molecule has 21 heavy (non-hydrogen) atoms. The van der Waals surface area contributed by atoms with E-state index in [2.05, 4.69) is 0 Å². The number of fused-ring (bicyclic) bond motifs is 1. The van der Waals surface area contributed by atoms with Gasteiger partial charge in [-0.2, -0.15) is 4.31 Å². The summed E-state index contributed by atoms with van der Waals surface area (Å²) in [4.78, 5) is 11.1. The van der Waals surface area contributed by atoms with E-state index < -0.39 is 22.5 Å². The second-order valence-electron chi connectivity index (χ2n) is 5.18. The fraction of sp³-hybridized carbons (Fsp3) is 0.267. The van der Waals surface area contributed by atoms with Gasteiger partial charge in [-0.3, -0.25) is 4.79 Å². The van der Waals surface area contributed by atoms with Gasteiger partial charge in [0.2, 0.25) is 10.0 Å². The maximum absolute atomic E-state index is 12.7. The minimum absolute atomic E-state index is 0.148. The molecule has 0 spiro atoms. The lowest BCUT2D eigenvalue weighted by atomic mass is 10.1. The Morgan fingerprint density at radius 2 is 1.81 bits per heavy atom. The third-order valence-corrected chi connectivity index (χ3v) is 5.47. The topological polar surface area (TPSA) is 74.7 Å². The number of sulfonamides is 1. The molecule has 0 saturated heterocycles. The molecule has 2 aromatic carbocycles. The minimum atomic E-state index is -3.77. The predicted molar refractivity (Wildman–Crippen MR) is 78.5 cm³/mol. The van der Waals surface area contributed by atoms with Crippen molar-refractivity contribution in [3.05, 3.63) is 42.5 Å². The Kier molecular flexibility index (Phi) is 3.43. The Morgan fingerprint density at radius 3 is 2.43 bits per heavy atom. The van der Waals surface area contributed by atoms with Gasteiger partial charge in [0.05, 0.1) is 4.90 Å². The summed E-state index contributed by atoms with van der Waals surface area (Å²) < 4.78 is 26.4. The smallest absolute Gasteiger partial charge is 0.318 e. The van der Waals surface area contributed by atoms with E-state index in [9.17, 15) is 13.2 Å². The van der Waals surface area contributed by atoms with Crippen LogP contribution in [0.15, 0.2) is 47.4 Å². The van der Waals surface area contributed by atoms with E-state index in [1.165, 1.54) is 6.07 Å². The van der Waals surface area contributed by atoms with Gasteiger partial charge in [-0.25, -0.2) is 8.42 Å². The third-order valence-electron chi connectivity index (χ3n) is 3.57. The maximum Gasteiger partial charge on any atom is 0.318 e. The van der Waals surface area contributed by atoms with Crippen LogP contribution in [0.25, 0.3) is 10.8 Å². The van der Waals surface area contributed by atoms with Gasteiger partial charge in [0, 0.05) is 6.04 Å². The first-order valence-corrected chi connectivity index (χ1v) is 8.15. The van der Waals surface area contributed by atoms with Crippen LogP contribution in [0.4, 0.5) is 0 Å². The van der Waals surface area contributed by atoms with E-state index in [1.54, 1.807) is 12.1 Å². The molecule has 1 saturated carbocycles.